The molecule has 4 nitrogen and oxygen atoms in total. The van der Waals surface area contributed by atoms with Gasteiger partial charge in [0.1, 0.15) is 12.4 Å². The third-order valence-electron chi connectivity index (χ3n) is 3.02. The van der Waals surface area contributed by atoms with Gasteiger partial charge in [0.05, 0.1) is 17.1 Å². The van der Waals surface area contributed by atoms with Crippen molar-refractivity contribution >= 4 is 15.9 Å². The van der Waals surface area contributed by atoms with Gasteiger partial charge in [-0.3, -0.25) is 0 Å². The summed E-state index contributed by atoms with van der Waals surface area (Å²) < 4.78 is 7.59. The number of halogens is 1. The van der Waals surface area contributed by atoms with Crippen LogP contribution in [0.4, 0.5) is 0 Å². The fraction of sp³-hybridized carbons (Fsp3) is 0.467. The number of alkyl halides is 1. The molecule has 0 saturated heterocycles. The van der Waals surface area contributed by atoms with Crippen molar-refractivity contribution in [2.45, 2.75) is 38.6 Å². The summed E-state index contributed by atoms with van der Waals surface area (Å²) in [7, 11) is 0. The second kappa shape index (κ2) is 6.88. The average molecular weight is 338 g/mol. The molecule has 2 rings (SSSR count). The summed E-state index contributed by atoms with van der Waals surface area (Å²) in [4.78, 5) is 0.275. The molecular weight excluding hydrogens is 318 g/mol. The number of rotatable bonds is 6. The standard InChI is InChI=1S/C15H20BrN3O/c1-4-14(16)15-10-19(18-17-15)5-6-20-13-8-11(2)7-12(3)9-13/h7-10,14H,4-6H2,1-3H3. The summed E-state index contributed by atoms with van der Waals surface area (Å²) in [5.74, 6) is 0.912. The number of hydrogen-bond donors (Lipinski definition) is 0. The van der Waals surface area contributed by atoms with Crippen molar-refractivity contribution < 1.29 is 4.74 Å². The largest absolute Gasteiger partial charge is 0.492 e. The van der Waals surface area contributed by atoms with Crippen LogP contribution in [0.1, 0.15) is 35.0 Å². The zero-order valence-electron chi connectivity index (χ0n) is 12.1. The Kier molecular flexibility index (Phi) is 5.17. The maximum Gasteiger partial charge on any atom is 0.119 e. The van der Waals surface area contributed by atoms with E-state index in [9.17, 15) is 0 Å². The van der Waals surface area contributed by atoms with Gasteiger partial charge in [-0.25, -0.2) is 4.68 Å². The molecule has 0 aliphatic heterocycles. The highest BCUT2D eigenvalue weighted by molar-refractivity contribution is 9.09. The van der Waals surface area contributed by atoms with Crippen molar-refractivity contribution in [2.75, 3.05) is 6.61 Å². The molecular formula is C15H20BrN3O. The van der Waals surface area contributed by atoms with Gasteiger partial charge in [-0.05, 0) is 43.5 Å². The molecule has 0 N–H and O–H groups in total. The topological polar surface area (TPSA) is 39.9 Å². The number of ether oxygens (including phenoxy) is 1. The molecule has 1 aromatic heterocycles. The molecule has 0 aliphatic rings. The second-order valence-electron chi connectivity index (χ2n) is 4.95. The fourth-order valence-electron chi connectivity index (χ4n) is 2.05. The van der Waals surface area contributed by atoms with Crippen LogP contribution in [-0.2, 0) is 6.54 Å². The van der Waals surface area contributed by atoms with Gasteiger partial charge in [-0.2, -0.15) is 0 Å². The second-order valence-corrected chi connectivity index (χ2v) is 6.06. The molecule has 0 amide bonds. The van der Waals surface area contributed by atoms with Crippen molar-refractivity contribution in [1.29, 1.82) is 0 Å². The first-order valence-corrected chi connectivity index (χ1v) is 7.75. The van der Waals surface area contributed by atoms with Crippen LogP contribution in [0, 0.1) is 13.8 Å². The van der Waals surface area contributed by atoms with Crippen molar-refractivity contribution in [2.24, 2.45) is 0 Å². The quantitative estimate of drug-likeness (QED) is 0.752. The number of benzene rings is 1. The van der Waals surface area contributed by atoms with E-state index in [2.05, 4.69) is 53.1 Å². The van der Waals surface area contributed by atoms with E-state index < -0.39 is 0 Å². The van der Waals surface area contributed by atoms with E-state index in [4.69, 9.17) is 4.74 Å². The Morgan fingerprint density at radius 2 is 1.95 bits per heavy atom. The molecule has 1 heterocycles. The lowest BCUT2D eigenvalue weighted by molar-refractivity contribution is 0.289. The van der Waals surface area contributed by atoms with E-state index in [-0.39, 0.29) is 4.83 Å². The van der Waals surface area contributed by atoms with Gasteiger partial charge in [-0.15, -0.1) is 5.10 Å². The van der Waals surface area contributed by atoms with Gasteiger partial charge in [0, 0.05) is 6.20 Å². The number of aromatic nitrogens is 3. The fourth-order valence-corrected chi connectivity index (χ4v) is 2.26. The van der Waals surface area contributed by atoms with Crippen LogP contribution in [0.25, 0.3) is 0 Å². The molecule has 5 heteroatoms. The first-order valence-electron chi connectivity index (χ1n) is 6.83. The highest BCUT2D eigenvalue weighted by Gasteiger charge is 2.09. The van der Waals surface area contributed by atoms with Gasteiger partial charge >= 0.3 is 0 Å². The molecule has 20 heavy (non-hydrogen) atoms. The molecule has 0 aliphatic carbocycles. The zero-order valence-corrected chi connectivity index (χ0v) is 13.7. The lowest BCUT2D eigenvalue weighted by Crippen LogP contribution is -2.09. The maximum absolute atomic E-state index is 5.77. The molecule has 0 saturated carbocycles. The minimum atomic E-state index is 0.275. The van der Waals surface area contributed by atoms with Crippen LogP contribution in [0.5, 0.6) is 5.75 Å². The highest BCUT2D eigenvalue weighted by Crippen LogP contribution is 2.23. The van der Waals surface area contributed by atoms with E-state index in [1.807, 2.05) is 23.0 Å². The molecule has 0 spiro atoms. The van der Waals surface area contributed by atoms with E-state index in [0.29, 0.717) is 13.2 Å². The molecule has 0 radical (unpaired) electrons. The Hall–Kier alpha value is -1.36. The summed E-state index contributed by atoms with van der Waals surface area (Å²) in [6.45, 7) is 7.55. The molecule has 0 bridgehead atoms. The normalized spacial score (nSPS) is 12.4. The summed E-state index contributed by atoms with van der Waals surface area (Å²) in [5.41, 5.74) is 3.40. The Morgan fingerprint density at radius 3 is 2.60 bits per heavy atom. The van der Waals surface area contributed by atoms with Crippen molar-refractivity contribution in [3.63, 3.8) is 0 Å². The predicted molar refractivity (Wildman–Crippen MR) is 83.4 cm³/mol. The Balaban J connectivity index is 1.88. The molecule has 1 unspecified atom stereocenters. The van der Waals surface area contributed by atoms with Crippen LogP contribution in [0.15, 0.2) is 24.4 Å². The SMILES string of the molecule is CCC(Br)c1cn(CCOc2cc(C)cc(C)c2)nn1. The summed E-state index contributed by atoms with van der Waals surface area (Å²) in [5, 5.41) is 8.26. The van der Waals surface area contributed by atoms with Gasteiger partial charge in [0.25, 0.3) is 0 Å². The highest BCUT2D eigenvalue weighted by atomic mass is 79.9. The summed E-state index contributed by atoms with van der Waals surface area (Å²) >= 11 is 3.57. The monoisotopic (exact) mass is 337 g/mol. The van der Waals surface area contributed by atoms with Gasteiger partial charge in [0.15, 0.2) is 0 Å². The van der Waals surface area contributed by atoms with Gasteiger partial charge in [0.2, 0.25) is 0 Å². The number of aryl methyl sites for hydroxylation is 2. The minimum absolute atomic E-state index is 0.275. The van der Waals surface area contributed by atoms with E-state index in [1.165, 1.54) is 11.1 Å². The summed E-state index contributed by atoms with van der Waals surface area (Å²) in [6.07, 6.45) is 2.96. The van der Waals surface area contributed by atoms with Crippen LogP contribution in [0.2, 0.25) is 0 Å². The Labute approximate surface area is 128 Å². The molecule has 2 aromatic rings. The van der Waals surface area contributed by atoms with Gasteiger partial charge in [-0.1, -0.05) is 34.1 Å². The number of hydrogen-bond acceptors (Lipinski definition) is 3. The summed E-state index contributed by atoms with van der Waals surface area (Å²) in [6, 6.07) is 6.23. The smallest absolute Gasteiger partial charge is 0.119 e. The maximum atomic E-state index is 5.77. The van der Waals surface area contributed by atoms with Crippen LogP contribution in [-0.4, -0.2) is 21.6 Å². The van der Waals surface area contributed by atoms with Crippen LogP contribution >= 0.6 is 15.9 Å². The first-order chi connectivity index (χ1) is 9.58. The van der Waals surface area contributed by atoms with Crippen molar-refractivity contribution in [3.05, 3.63) is 41.2 Å². The van der Waals surface area contributed by atoms with E-state index in [0.717, 1.165) is 17.9 Å². The number of nitrogens with zero attached hydrogens (tertiary/aromatic N) is 3. The molecule has 108 valence electrons. The van der Waals surface area contributed by atoms with E-state index >= 15 is 0 Å². The average Bonchev–Trinajstić information content (AvgIpc) is 2.85. The Morgan fingerprint density at radius 1 is 1.25 bits per heavy atom. The molecule has 1 aromatic carbocycles. The lowest BCUT2D eigenvalue weighted by Gasteiger charge is -2.08. The Bertz CT molecular complexity index is 548. The molecule has 0 fully saturated rings. The van der Waals surface area contributed by atoms with E-state index in [1.54, 1.807) is 0 Å². The third-order valence-corrected chi connectivity index (χ3v) is 4.14. The molecule has 1 atom stereocenters. The van der Waals surface area contributed by atoms with Gasteiger partial charge < -0.3 is 4.74 Å². The third kappa shape index (κ3) is 4.07. The predicted octanol–water partition coefficient (Wildman–Crippen LogP) is 3.82. The minimum Gasteiger partial charge on any atom is -0.492 e. The van der Waals surface area contributed by atoms with Crippen molar-refractivity contribution in [1.82, 2.24) is 15.0 Å². The van der Waals surface area contributed by atoms with Crippen LogP contribution in [0.3, 0.4) is 0 Å². The zero-order chi connectivity index (χ0) is 14.5. The lowest BCUT2D eigenvalue weighted by atomic mass is 10.1. The first kappa shape index (κ1) is 15.0. The van der Waals surface area contributed by atoms with Crippen LogP contribution < -0.4 is 4.74 Å². The van der Waals surface area contributed by atoms with Crippen molar-refractivity contribution in [3.8, 4) is 5.75 Å².